The van der Waals surface area contributed by atoms with Gasteiger partial charge in [0.2, 0.25) is 5.91 Å². The van der Waals surface area contributed by atoms with Crippen molar-refractivity contribution in [3.8, 4) is 0 Å². The maximum Gasteiger partial charge on any atom is 0.233 e. The molecule has 1 aromatic carbocycles. The highest BCUT2D eigenvalue weighted by molar-refractivity contribution is 5.78. The van der Waals surface area contributed by atoms with Gasteiger partial charge in [-0.3, -0.25) is 9.78 Å². The number of nitrogens with zero attached hydrogens (tertiary/aromatic N) is 1. The van der Waals surface area contributed by atoms with Crippen LogP contribution in [0.2, 0.25) is 0 Å². The molecule has 2 aromatic rings. The largest absolute Gasteiger partial charge is 0.358 e. The van der Waals surface area contributed by atoms with Crippen LogP contribution in [0.25, 0.3) is 10.9 Å². The van der Waals surface area contributed by atoms with Crippen LogP contribution >= 0.6 is 0 Å². The molecule has 0 saturated heterocycles. The Hall–Kier alpha value is -1.94. The van der Waals surface area contributed by atoms with Gasteiger partial charge in [-0.2, -0.15) is 0 Å². The van der Waals surface area contributed by atoms with E-state index in [1.165, 1.54) is 0 Å². The number of fused-ring (bicyclic) bond motifs is 1. The average molecular weight is 229 g/mol. The Bertz CT molecular complexity index is 525. The van der Waals surface area contributed by atoms with Crippen molar-refractivity contribution in [2.24, 2.45) is 0 Å². The van der Waals surface area contributed by atoms with E-state index in [1.807, 2.05) is 36.4 Å². The molecule has 88 valence electrons. The lowest BCUT2D eigenvalue weighted by molar-refractivity contribution is -0.119. The zero-order valence-corrected chi connectivity index (χ0v) is 9.73. The van der Waals surface area contributed by atoms with Crippen molar-refractivity contribution in [1.82, 2.24) is 15.6 Å². The third-order valence-electron chi connectivity index (χ3n) is 2.53. The number of likely N-dealkylation sites (N-methyl/N-ethyl adjacent to an activating group) is 1. The summed E-state index contributed by atoms with van der Waals surface area (Å²) in [7, 11) is 1.62. The van der Waals surface area contributed by atoms with Gasteiger partial charge in [0.05, 0.1) is 17.8 Å². The third-order valence-corrected chi connectivity index (χ3v) is 2.53. The number of carbonyl (C=O) groups is 1. The highest BCUT2D eigenvalue weighted by Crippen LogP contribution is 2.11. The smallest absolute Gasteiger partial charge is 0.233 e. The predicted octanol–water partition coefficient (Wildman–Crippen LogP) is 1.07. The van der Waals surface area contributed by atoms with Gasteiger partial charge in [0.25, 0.3) is 0 Å². The quantitative estimate of drug-likeness (QED) is 0.824. The van der Waals surface area contributed by atoms with Crippen molar-refractivity contribution in [3.63, 3.8) is 0 Å². The number of hydrogen-bond acceptors (Lipinski definition) is 3. The molecule has 0 bridgehead atoms. The van der Waals surface area contributed by atoms with Crippen molar-refractivity contribution in [1.29, 1.82) is 0 Å². The second kappa shape index (κ2) is 5.41. The average Bonchev–Trinajstić information content (AvgIpc) is 2.38. The number of aromatic nitrogens is 1. The van der Waals surface area contributed by atoms with Crippen LogP contribution in [0.5, 0.6) is 0 Å². The van der Waals surface area contributed by atoms with Gasteiger partial charge < -0.3 is 10.6 Å². The molecule has 0 aliphatic rings. The number of amides is 1. The minimum absolute atomic E-state index is 0.0224. The van der Waals surface area contributed by atoms with Gasteiger partial charge >= 0.3 is 0 Å². The Morgan fingerprint density at radius 3 is 2.88 bits per heavy atom. The number of rotatable bonds is 4. The fourth-order valence-electron chi connectivity index (χ4n) is 1.60. The van der Waals surface area contributed by atoms with E-state index in [2.05, 4.69) is 15.6 Å². The molecule has 0 aliphatic heterocycles. The Labute approximate surface area is 100 Å². The van der Waals surface area contributed by atoms with E-state index in [-0.39, 0.29) is 5.91 Å². The Morgan fingerprint density at radius 2 is 2.06 bits per heavy atom. The summed E-state index contributed by atoms with van der Waals surface area (Å²) in [5.74, 6) is -0.0224. The summed E-state index contributed by atoms with van der Waals surface area (Å²) in [6, 6.07) is 12.0. The molecule has 0 saturated carbocycles. The number of para-hydroxylation sites is 1. The van der Waals surface area contributed by atoms with Crippen molar-refractivity contribution >= 4 is 16.8 Å². The second-order valence-electron chi connectivity index (χ2n) is 3.77. The number of pyridine rings is 1. The van der Waals surface area contributed by atoms with Crippen LogP contribution in [-0.2, 0) is 11.3 Å². The van der Waals surface area contributed by atoms with Crippen LogP contribution in [0, 0.1) is 0 Å². The van der Waals surface area contributed by atoms with Gasteiger partial charge in [-0.05, 0) is 12.1 Å². The van der Waals surface area contributed by atoms with Crippen LogP contribution in [0.1, 0.15) is 5.69 Å². The summed E-state index contributed by atoms with van der Waals surface area (Å²) < 4.78 is 0. The summed E-state index contributed by atoms with van der Waals surface area (Å²) in [6.45, 7) is 0.906. The van der Waals surface area contributed by atoms with Gasteiger partial charge in [0.15, 0.2) is 0 Å². The van der Waals surface area contributed by atoms with Crippen LogP contribution in [0.4, 0.5) is 0 Å². The maximum absolute atomic E-state index is 11.0. The molecule has 0 spiro atoms. The van der Waals surface area contributed by atoms with E-state index in [9.17, 15) is 4.79 Å². The molecule has 0 atom stereocenters. The minimum Gasteiger partial charge on any atom is -0.358 e. The van der Waals surface area contributed by atoms with Gasteiger partial charge in [0, 0.05) is 19.0 Å². The first kappa shape index (κ1) is 11.5. The summed E-state index contributed by atoms with van der Waals surface area (Å²) in [6.07, 6.45) is 0. The third kappa shape index (κ3) is 3.01. The highest BCUT2D eigenvalue weighted by atomic mass is 16.1. The van der Waals surface area contributed by atoms with Crippen molar-refractivity contribution in [2.45, 2.75) is 6.54 Å². The summed E-state index contributed by atoms with van der Waals surface area (Å²) in [5, 5.41) is 6.73. The molecule has 1 heterocycles. The van der Waals surface area contributed by atoms with Gasteiger partial charge in [0.1, 0.15) is 0 Å². The zero-order chi connectivity index (χ0) is 12.1. The van der Waals surface area contributed by atoms with Gasteiger partial charge in [-0.25, -0.2) is 0 Å². The van der Waals surface area contributed by atoms with Crippen LogP contribution in [0.15, 0.2) is 36.4 Å². The first-order valence-electron chi connectivity index (χ1n) is 5.55. The number of benzene rings is 1. The molecular formula is C13H15N3O. The first-order chi connectivity index (χ1) is 8.29. The molecule has 0 aliphatic carbocycles. The van der Waals surface area contributed by atoms with Crippen molar-refractivity contribution in [2.75, 3.05) is 13.6 Å². The standard InChI is InChI=1S/C13H15N3O/c1-14-13(17)9-15-8-11-7-6-10-4-2-3-5-12(10)16-11/h2-7,15H,8-9H2,1H3,(H,14,17). The fourth-order valence-corrected chi connectivity index (χ4v) is 1.60. The monoisotopic (exact) mass is 229 g/mol. The van der Waals surface area contributed by atoms with Crippen LogP contribution in [-0.4, -0.2) is 24.5 Å². The lowest BCUT2D eigenvalue weighted by Gasteiger charge is -2.04. The highest BCUT2D eigenvalue weighted by Gasteiger charge is 1.99. The zero-order valence-electron chi connectivity index (χ0n) is 9.73. The minimum atomic E-state index is -0.0224. The first-order valence-corrected chi connectivity index (χ1v) is 5.55. The topological polar surface area (TPSA) is 54.0 Å². The summed E-state index contributed by atoms with van der Waals surface area (Å²) in [4.78, 5) is 15.5. The van der Waals surface area contributed by atoms with E-state index < -0.39 is 0 Å². The summed E-state index contributed by atoms with van der Waals surface area (Å²) in [5.41, 5.74) is 1.92. The molecule has 0 radical (unpaired) electrons. The Morgan fingerprint density at radius 1 is 1.24 bits per heavy atom. The number of hydrogen-bond donors (Lipinski definition) is 2. The lowest BCUT2D eigenvalue weighted by Crippen LogP contribution is -2.31. The molecule has 0 fully saturated rings. The van der Waals surface area contributed by atoms with Gasteiger partial charge in [-0.15, -0.1) is 0 Å². The fraction of sp³-hybridized carbons (Fsp3) is 0.231. The molecule has 4 heteroatoms. The Kier molecular flexibility index (Phi) is 3.67. The number of carbonyl (C=O) groups excluding carboxylic acids is 1. The molecule has 2 N–H and O–H groups in total. The van der Waals surface area contributed by atoms with E-state index in [0.717, 1.165) is 16.6 Å². The van der Waals surface area contributed by atoms with Crippen molar-refractivity contribution < 1.29 is 4.79 Å². The van der Waals surface area contributed by atoms with Gasteiger partial charge in [-0.1, -0.05) is 24.3 Å². The lowest BCUT2D eigenvalue weighted by atomic mass is 10.2. The molecule has 2 rings (SSSR count). The molecule has 1 aromatic heterocycles. The SMILES string of the molecule is CNC(=O)CNCc1ccc2ccccc2n1. The molecule has 0 unspecified atom stereocenters. The maximum atomic E-state index is 11.0. The Balaban J connectivity index is 2.02. The van der Waals surface area contributed by atoms with E-state index in [4.69, 9.17) is 0 Å². The van der Waals surface area contributed by atoms with Crippen LogP contribution < -0.4 is 10.6 Å². The predicted molar refractivity (Wildman–Crippen MR) is 67.5 cm³/mol. The second-order valence-corrected chi connectivity index (χ2v) is 3.77. The van der Waals surface area contributed by atoms with E-state index in [1.54, 1.807) is 7.05 Å². The molecule has 17 heavy (non-hydrogen) atoms. The number of nitrogens with one attached hydrogen (secondary N) is 2. The normalized spacial score (nSPS) is 10.4. The van der Waals surface area contributed by atoms with E-state index in [0.29, 0.717) is 13.1 Å². The molecule has 1 amide bonds. The van der Waals surface area contributed by atoms with Crippen molar-refractivity contribution in [3.05, 3.63) is 42.1 Å². The van der Waals surface area contributed by atoms with Crippen LogP contribution in [0.3, 0.4) is 0 Å². The summed E-state index contributed by atoms with van der Waals surface area (Å²) >= 11 is 0. The molecular weight excluding hydrogens is 214 g/mol. The van der Waals surface area contributed by atoms with E-state index >= 15 is 0 Å². The molecule has 4 nitrogen and oxygen atoms in total.